The number of aliphatic imine (C=N–C) groups is 1. The number of guanidine groups is 1. The molecule has 0 amide bonds. The van der Waals surface area contributed by atoms with Gasteiger partial charge in [0.25, 0.3) is 0 Å². The summed E-state index contributed by atoms with van der Waals surface area (Å²) in [4.78, 5) is 4.30. The molecule has 2 aromatic rings. The van der Waals surface area contributed by atoms with Crippen LogP contribution in [0.3, 0.4) is 0 Å². The Bertz CT molecular complexity index is 630. The Balaban J connectivity index is 0.00000288. The predicted octanol–water partition coefficient (Wildman–Crippen LogP) is 2.33. The lowest BCUT2D eigenvalue weighted by Gasteiger charge is -2.13. The van der Waals surface area contributed by atoms with Gasteiger partial charge in [0.1, 0.15) is 0 Å². The Labute approximate surface area is 161 Å². The molecule has 2 heterocycles. The molecule has 134 valence electrons. The lowest BCUT2D eigenvalue weighted by atomic mass is 10.1. The minimum absolute atomic E-state index is 0. The van der Waals surface area contributed by atoms with Gasteiger partial charge in [-0.25, -0.2) is 0 Å². The van der Waals surface area contributed by atoms with E-state index in [1.807, 2.05) is 23.9 Å². The van der Waals surface area contributed by atoms with Crippen LogP contribution in [0.1, 0.15) is 30.8 Å². The molecule has 0 saturated carbocycles. The highest BCUT2D eigenvalue weighted by atomic mass is 127. The SMILES string of the molecule is CCc1nn(C)c(CC)c1CNC(=NC)NCCn1cccc1.I. The summed E-state index contributed by atoms with van der Waals surface area (Å²) in [6.45, 7) is 6.83. The number of nitrogens with one attached hydrogen (secondary N) is 2. The number of hydrogen-bond donors (Lipinski definition) is 2. The highest BCUT2D eigenvalue weighted by Crippen LogP contribution is 2.15. The Morgan fingerprint density at radius 1 is 1.17 bits per heavy atom. The molecule has 0 aliphatic carbocycles. The predicted molar refractivity (Wildman–Crippen MR) is 110 cm³/mol. The monoisotopic (exact) mass is 444 g/mol. The van der Waals surface area contributed by atoms with Crippen molar-refractivity contribution in [3.05, 3.63) is 41.5 Å². The van der Waals surface area contributed by atoms with E-state index in [0.717, 1.165) is 38.4 Å². The van der Waals surface area contributed by atoms with Crippen LogP contribution in [0.2, 0.25) is 0 Å². The fourth-order valence-electron chi connectivity index (χ4n) is 2.81. The highest BCUT2D eigenvalue weighted by molar-refractivity contribution is 14.0. The van der Waals surface area contributed by atoms with Gasteiger partial charge in [-0.2, -0.15) is 5.10 Å². The van der Waals surface area contributed by atoms with Gasteiger partial charge in [-0.05, 0) is 25.0 Å². The van der Waals surface area contributed by atoms with Gasteiger partial charge >= 0.3 is 0 Å². The summed E-state index contributed by atoms with van der Waals surface area (Å²) in [5.74, 6) is 0.824. The number of rotatable bonds is 7. The van der Waals surface area contributed by atoms with Crippen molar-refractivity contribution in [2.24, 2.45) is 12.0 Å². The van der Waals surface area contributed by atoms with E-state index in [1.165, 1.54) is 17.0 Å². The van der Waals surface area contributed by atoms with Gasteiger partial charge in [0.2, 0.25) is 0 Å². The van der Waals surface area contributed by atoms with Crippen LogP contribution < -0.4 is 10.6 Å². The molecule has 0 aliphatic rings. The van der Waals surface area contributed by atoms with Gasteiger partial charge in [0.15, 0.2) is 5.96 Å². The fourth-order valence-corrected chi connectivity index (χ4v) is 2.81. The first-order valence-electron chi connectivity index (χ1n) is 8.28. The maximum atomic E-state index is 4.61. The summed E-state index contributed by atoms with van der Waals surface area (Å²) in [6, 6.07) is 4.07. The second kappa shape index (κ2) is 10.4. The number of hydrogen-bond acceptors (Lipinski definition) is 2. The average Bonchev–Trinajstić information content (AvgIpc) is 3.17. The van der Waals surface area contributed by atoms with E-state index in [9.17, 15) is 0 Å². The number of halogens is 1. The van der Waals surface area contributed by atoms with Crippen LogP contribution in [-0.4, -0.2) is 33.9 Å². The van der Waals surface area contributed by atoms with Gasteiger partial charge in [0.05, 0.1) is 5.69 Å². The first kappa shape index (κ1) is 20.5. The fraction of sp³-hybridized carbons (Fsp3) is 0.529. The van der Waals surface area contributed by atoms with Crippen molar-refractivity contribution in [3.63, 3.8) is 0 Å². The van der Waals surface area contributed by atoms with E-state index in [0.29, 0.717) is 0 Å². The Kier molecular flexibility index (Phi) is 8.88. The van der Waals surface area contributed by atoms with Crippen molar-refractivity contribution < 1.29 is 0 Å². The molecule has 0 fully saturated rings. The zero-order chi connectivity index (χ0) is 16.7. The lowest BCUT2D eigenvalue weighted by Crippen LogP contribution is -2.38. The van der Waals surface area contributed by atoms with Crippen molar-refractivity contribution in [2.75, 3.05) is 13.6 Å². The third-order valence-electron chi connectivity index (χ3n) is 4.01. The van der Waals surface area contributed by atoms with Gasteiger partial charge in [-0.3, -0.25) is 9.67 Å². The summed E-state index contributed by atoms with van der Waals surface area (Å²) in [5.41, 5.74) is 3.75. The van der Waals surface area contributed by atoms with Crippen molar-refractivity contribution in [1.29, 1.82) is 0 Å². The van der Waals surface area contributed by atoms with Crippen molar-refractivity contribution in [2.45, 2.75) is 39.8 Å². The molecule has 6 nitrogen and oxygen atoms in total. The molecular weight excluding hydrogens is 415 g/mol. The van der Waals surface area contributed by atoms with Crippen LogP contribution in [0.4, 0.5) is 0 Å². The Morgan fingerprint density at radius 3 is 2.46 bits per heavy atom. The minimum Gasteiger partial charge on any atom is -0.355 e. The molecular formula is C17H29IN6. The lowest BCUT2D eigenvalue weighted by molar-refractivity contribution is 0.664. The molecule has 0 aliphatic heterocycles. The van der Waals surface area contributed by atoms with E-state index in [1.54, 1.807) is 7.05 Å². The summed E-state index contributed by atoms with van der Waals surface area (Å²) < 4.78 is 4.14. The van der Waals surface area contributed by atoms with Gasteiger partial charge in [-0.15, -0.1) is 24.0 Å². The Morgan fingerprint density at radius 2 is 1.88 bits per heavy atom. The normalized spacial score (nSPS) is 11.2. The third kappa shape index (κ3) is 5.25. The number of aryl methyl sites for hydroxylation is 2. The summed E-state index contributed by atoms with van der Waals surface area (Å²) >= 11 is 0. The standard InChI is InChI=1S/C17H28N6.HI/c1-5-15-14(16(6-2)22(4)21-15)13-20-17(18-3)19-9-12-23-10-7-8-11-23;/h7-8,10-11H,5-6,9,12-13H2,1-4H3,(H2,18,19,20);1H. The second-order valence-corrected chi connectivity index (χ2v) is 5.48. The highest BCUT2D eigenvalue weighted by Gasteiger charge is 2.13. The van der Waals surface area contributed by atoms with Crippen molar-refractivity contribution >= 4 is 29.9 Å². The smallest absolute Gasteiger partial charge is 0.191 e. The molecule has 0 atom stereocenters. The van der Waals surface area contributed by atoms with E-state index in [4.69, 9.17) is 0 Å². The maximum absolute atomic E-state index is 4.61. The van der Waals surface area contributed by atoms with Gasteiger partial charge in [0, 0.05) is 57.4 Å². The molecule has 0 radical (unpaired) electrons. The van der Waals surface area contributed by atoms with Crippen LogP contribution >= 0.6 is 24.0 Å². The number of aromatic nitrogens is 3. The van der Waals surface area contributed by atoms with Gasteiger partial charge < -0.3 is 15.2 Å². The van der Waals surface area contributed by atoms with E-state index in [2.05, 4.69) is 51.5 Å². The molecule has 0 unspecified atom stereocenters. The minimum atomic E-state index is 0. The molecule has 0 bridgehead atoms. The zero-order valence-corrected chi connectivity index (χ0v) is 17.4. The average molecular weight is 444 g/mol. The maximum Gasteiger partial charge on any atom is 0.191 e. The molecule has 0 aromatic carbocycles. The Hall–Kier alpha value is -1.51. The van der Waals surface area contributed by atoms with E-state index < -0.39 is 0 Å². The van der Waals surface area contributed by atoms with E-state index in [-0.39, 0.29) is 24.0 Å². The molecule has 0 spiro atoms. The van der Waals surface area contributed by atoms with Crippen molar-refractivity contribution in [1.82, 2.24) is 25.0 Å². The largest absolute Gasteiger partial charge is 0.355 e. The third-order valence-corrected chi connectivity index (χ3v) is 4.01. The molecule has 24 heavy (non-hydrogen) atoms. The zero-order valence-electron chi connectivity index (χ0n) is 15.0. The first-order chi connectivity index (χ1) is 11.2. The van der Waals surface area contributed by atoms with Crippen LogP contribution in [0, 0.1) is 0 Å². The first-order valence-corrected chi connectivity index (χ1v) is 8.28. The quantitative estimate of drug-likeness (QED) is 0.392. The van der Waals surface area contributed by atoms with Crippen LogP contribution in [0.15, 0.2) is 29.5 Å². The number of nitrogens with zero attached hydrogens (tertiary/aromatic N) is 4. The van der Waals surface area contributed by atoms with Gasteiger partial charge in [-0.1, -0.05) is 13.8 Å². The molecule has 2 aromatic heterocycles. The van der Waals surface area contributed by atoms with Crippen LogP contribution in [0.25, 0.3) is 0 Å². The molecule has 0 saturated heterocycles. The summed E-state index contributed by atoms with van der Waals surface area (Å²) in [5, 5.41) is 11.4. The summed E-state index contributed by atoms with van der Waals surface area (Å²) in [7, 11) is 3.82. The summed E-state index contributed by atoms with van der Waals surface area (Å²) in [6.07, 6.45) is 6.06. The molecule has 2 rings (SSSR count). The molecule has 7 heteroatoms. The van der Waals surface area contributed by atoms with E-state index >= 15 is 0 Å². The topological polar surface area (TPSA) is 59.2 Å². The van der Waals surface area contributed by atoms with Crippen LogP contribution in [0.5, 0.6) is 0 Å². The van der Waals surface area contributed by atoms with Crippen LogP contribution in [-0.2, 0) is 33.0 Å². The molecule has 2 N–H and O–H groups in total. The van der Waals surface area contributed by atoms with Crippen molar-refractivity contribution in [3.8, 4) is 0 Å². The second-order valence-electron chi connectivity index (χ2n) is 5.48.